The van der Waals surface area contributed by atoms with Crippen LogP contribution in [0.1, 0.15) is 9.60 Å². The van der Waals surface area contributed by atoms with Gasteiger partial charge in [-0.1, -0.05) is 139 Å². The van der Waals surface area contributed by atoms with Gasteiger partial charge >= 0.3 is 0 Å². The minimum absolute atomic E-state index is 0.0498. The van der Waals surface area contributed by atoms with Gasteiger partial charge in [0.2, 0.25) is 0 Å². The Morgan fingerprint density at radius 3 is 1.56 bits per heavy atom. The molecule has 8 rings (SSSR count). The molecule has 8 aromatic rings. The summed E-state index contributed by atoms with van der Waals surface area (Å²) in [6.45, 7) is 0. The lowest BCUT2D eigenvalue weighted by Crippen LogP contribution is -1.90. The topological polar surface area (TPSA) is 13.1 Å². The summed E-state index contributed by atoms with van der Waals surface area (Å²) in [5.41, 5.74) is 5.21. The maximum absolute atomic E-state index is 8.82. The largest absolute Gasteiger partial charge is 0.455 e. The normalized spacial score (nSPS) is 14.1. The van der Waals surface area contributed by atoms with Gasteiger partial charge in [0.05, 0.1) is 9.60 Å². The van der Waals surface area contributed by atoms with Crippen molar-refractivity contribution in [1.82, 2.24) is 0 Å². The Hall–Kier alpha value is -5.14. The quantitative estimate of drug-likeness (QED) is 0.219. The van der Waals surface area contributed by atoms with Gasteiger partial charge in [-0.15, -0.1) is 0 Å². The van der Waals surface area contributed by atoms with E-state index in [-0.39, 0.29) is 57.7 Å². The van der Waals surface area contributed by atoms with Crippen LogP contribution in [0.15, 0.2) is 150 Å². The van der Waals surface area contributed by atoms with Crippen LogP contribution in [0.2, 0.25) is 0 Å². The zero-order chi connectivity index (χ0) is 31.9. The summed E-state index contributed by atoms with van der Waals surface area (Å²) in [5, 5.41) is 4.62. The first-order chi connectivity index (χ1) is 22.3. The number of para-hydroxylation sites is 2. The molecule has 0 unspecified atom stereocenters. The third-order valence-corrected chi connectivity index (χ3v) is 7.39. The van der Waals surface area contributed by atoms with Crippen molar-refractivity contribution in [3.8, 4) is 33.4 Å². The molecular weight excluding hydrogens is 472 g/mol. The molecule has 0 atom stereocenters. The van der Waals surface area contributed by atoms with E-state index in [1.54, 1.807) is 0 Å². The van der Waals surface area contributed by atoms with E-state index in [0.29, 0.717) is 5.56 Å². The lowest BCUT2D eigenvalue weighted by atomic mass is 9.86. The molecule has 0 saturated carbocycles. The summed E-state index contributed by atoms with van der Waals surface area (Å²) in [7, 11) is 0. The van der Waals surface area contributed by atoms with Crippen LogP contribution in [-0.4, -0.2) is 0 Å². The second kappa shape index (κ2) is 8.72. The highest BCUT2D eigenvalue weighted by atomic mass is 16.3. The van der Waals surface area contributed by atoms with E-state index >= 15 is 0 Å². The number of fused-ring (bicyclic) bond motifs is 5. The number of hydrogen-bond acceptors (Lipinski definition) is 1. The van der Waals surface area contributed by atoms with Gasteiger partial charge in [-0.25, -0.2) is 0 Å². The summed E-state index contributed by atoms with van der Waals surface area (Å²) in [4.78, 5) is 0. The molecule has 1 nitrogen and oxygen atoms in total. The third kappa shape index (κ3) is 3.41. The van der Waals surface area contributed by atoms with Gasteiger partial charge in [-0.3, -0.25) is 0 Å². The SMILES string of the molecule is [2H]c1c([2H])c([2H])c2c(oc3c(-c4ccc(-c5c6ccccc6c(-c6ccccc6)c6ccccc56)cc4)c([2H])c([2H])c([2H])c32)c1[2H]. The van der Waals surface area contributed by atoms with E-state index in [9.17, 15) is 0 Å². The molecule has 182 valence electrons. The highest BCUT2D eigenvalue weighted by Crippen LogP contribution is 2.44. The van der Waals surface area contributed by atoms with E-state index < -0.39 is 12.1 Å². The van der Waals surface area contributed by atoms with Crippen molar-refractivity contribution < 1.29 is 14.0 Å². The van der Waals surface area contributed by atoms with Gasteiger partial charge in [0, 0.05) is 16.3 Å². The lowest BCUT2D eigenvalue weighted by Gasteiger charge is -2.18. The standard InChI is InChI=1S/C38H24O/c1-2-11-26(12-3-1)36-30-14-4-6-16-32(30)37(33-17-7-5-15-31(33)36)27-23-21-25(22-24-27)28-18-10-19-34-29-13-8-9-20-35(29)39-38(28)34/h1-24H/i8D,9D,10D,13D,18D,19D,20D. The highest BCUT2D eigenvalue weighted by Gasteiger charge is 2.17. The van der Waals surface area contributed by atoms with Crippen LogP contribution >= 0.6 is 0 Å². The van der Waals surface area contributed by atoms with Crippen LogP contribution in [0.4, 0.5) is 0 Å². The molecule has 0 spiro atoms. The maximum atomic E-state index is 8.82. The molecule has 0 radical (unpaired) electrons. The fourth-order valence-corrected chi connectivity index (χ4v) is 5.69. The molecule has 1 aromatic heterocycles. The molecule has 0 amide bonds. The number of hydrogen-bond donors (Lipinski definition) is 0. The van der Waals surface area contributed by atoms with Gasteiger partial charge in [-0.05, 0) is 55.4 Å². The molecule has 0 fully saturated rings. The first-order valence-electron chi connectivity index (χ1n) is 16.3. The predicted octanol–water partition coefficient (Wildman–Crippen LogP) is 10.9. The van der Waals surface area contributed by atoms with Crippen molar-refractivity contribution in [2.24, 2.45) is 0 Å². The second-order valence-corrected chi connectivity index (χ2v) is 9.54. The van der Waals surface area contributed by atoms with Crippen molar-refractivity contribution in [3.05, 3.63) is 145 Å². The van der Waals surface area contributed by atoms with E-state index in [0.717, 1.165) is 38.2 Å². The molecule has 0 aliphatic heterocycles. The van der Waals surface area contributed by atoms with E-state index in [1.165, 1.54) is 5.56 Å². The molecule has 39 heavy (non-hydrogen) atoms. The second-order valence-electron chi connectivity index (χ2n) is 9.54. The molecule has 1 heterocycles. The Bertz CT molecular complexity index is 2480. The van der Waals surface area contributed by atoms with Crippen LogP contribution in [0, 0.1) is 0 Å². The van der Waals surface area contributed by atoms with Crippen LogP contribution in [0.5, 0.6) is 0 Å². The third-order valence-electron chi connectivity index (χ3n) is 7.39. The molecule has 0 bridgehead atoms. The Morgan fingerprint density at radius 1 is 0.410 bits per heavy atom. The number of rotatable bonds is 3. The lowest BCUT2D eigenvalue weighted by molar-refractivity contribution is 0.670. The van der Waals surface area contributed by atoms with Gasteiger partial charge in [0.1, 0.15) is 11.2 Å². The first kappa shape index (κ1) is 16.0. The van der Waals surface area contributed by atoms with E-state index in [1.807, 2.05) is 54.6 Å². The summed E-state index contributed by atoms with van der Waals surface area (Å²) in [6.07, 6.45) is 0. The molecule has 0 saturated heterocycles. The highest BCUT2D eigenvalue weighted by molar-refractivity contribution is 6.21. The molecule has 1 heteroatoms. The fraction of sp³-hybridized carbons (Fsp3) is 0. The van der Waals surface area contributed by atoms with Gasteiger partial charge < -0.3 is 4.42 Å². The Labute approximate surface area is 236 Å². The van der Waals surface area contributed by atoms with E-state index in [4.69, 9.17) is 14.0 Å². The minimum Gasteiger partial charge on any atom is -0.455 e. The van der Waals surface area contributed by atoms with Crippen LogP contribution in [-0.2, 0) is 0 Å². The number of furan rings is 1. The van der Waals surface area contributed by atoms with Crippen LogP contribution in [0.3, 0.4) is 0 Å². The zero-order valence-corrected chi connectivity index (χ0v) is 20.7. The summed E-state index contributed by atoms with van der Waals surface area (Å²) >= 11 is 0. The average Bonchev–Trinajstić information content (AvgIpc) is 3.49. The van der Waals surface area contributed by atoms with Gasteiger partial charge in [0.25, 0.3) is 0 Å². The van der Waals surface area contributed by atoms with Gasteiger partial charge in [0.15, 0.2) is 0 Å². The average molecular weight is 504 g/mol. The summed E-state index contributed by atoms with van der Waals surface area (Å²) < 4.78 is 65.3. The smallest absolute Gasteiger partial charge is 0.143 e. The predicted molar refractivity (Wildman–Crippen MR) is 165 cm³/mol. The van der Waals surface area contributed by atoms with Crippen molar-refractivity contribution in [2.75, 3.05) is 0 Å². The van der Waals surface area contributed by atoms with Crippen LogP contribution in [0.25, 0.3) is 76.9 Å². The monoisotopic (exact) mass is 503 g/mol. The Morgan fingerprint density at radius 2 is 0.923 bits per heavy atom. The summed E-state index contributed by atoms with van der Waals surface area (Å²) in [5.74, 6) is 0. The number of benzene rings is 7. The molecular formula is C38H24O. The summed E-state index contributed by atoms with van der Waals surface area (Å²) in [6, 6.07) is 32.4. The molecule has 7 aromatic carbocycles. The first-order valence-corrected chi connectivity index (χ1v) is 12.8. The minimum atomic E-state index is -0.441. The van der Waals surface area contributed by atoms with Crippen molar-refractivity contribution in [3.63, 3.8) is 0 Å². The molecule has 0 N–H and O–H groups in total. The zero-order valence-electron chi connectivity index (χ0n) is 27.7. The van der Waals surface area contributed by atoms with Crippen molar-refractivity contribution in [2.45, 2.75) is 0 Å². The molecule has 0 aliphatic rings. The molecule has 0 aliphatic carbocycles. The fourth-order valence-electron chi connectivity index (χ4n) is 5.69. The van der Waals surface area contributed by atoms with Crippen molar-refractivity contribution in [1.29, 1.82) is 0 Å². The van der Waals surface area contributed by atoms with E-state index in [2.05, 4.69) is 48.5 Å². The van der Waals surface area contributed by atoms with Crippen LogP contribution < -0.4 is 0 Å². The Balaban J connectivity index is 1.38. The Kier molecular flexibility index (Phi) is 3.57. The van der Waals surface area contributed by atoms with Crippen molar-refractivity contribution >= 4 is 43.5 Å². The van der Waals surface area contributed by atoms with Gasteiger partial charge in [-0.2, -0.15) is 0 Å². The maximum Gasteiger partial charge on any atom is 0.143 e.